The fourth-order valence-corrected chi connectivity index (χ4v) is 1.23. The highest BCUT2D eigenvalue weighted by Gasteiger charge is 2.03. The second kappa shape index (κ2) is 5.23. The molecule has 0 saturated heterocycles. The van der Waals surface area contributed by atoms with Gasteiger partial charge in [-0.3, -0.25) is 0 Å². The molecule has 1 unspecified atom stereocenters. The number of ether oxygens (including phenoxy) is 1. The summed E-state index contributed by atoms with van der Waals surface area (Å²) < 4.78 is 5.57. The lowest BCUT2D eigenvalue weighted by atomic mass is 10.2. The smallest absolute Gasteiger partial charge is 0.0735 e. The molecule has 0 radical (unpaired) electrons. The summed E-state index contributed by atoms with van der Waals surface area (Å²) in [5, 5.41) is 0.711. The topological polar surface area (TPSA) is 35.2 Å². The van der Waals surface area contributed by atoms with Gasteiger partial charge in [0.2, 0.25) is 0 Å². The molecule has 1 aromatic rings. The van der Waals surface area contributed by atoms with Crippen molar-refractivity contribution in [2.45, 2.75) is 33.0 Å². The van der Waals surface area contributed by atoms with Gasteiger partial charge >= 0.3 is 0 Å². The van der Waals surface area contributed by atoms with Crippen molar-refractivity contribution in [1.82, 2.24) is 0 Å². The lowest BCUT2D eigenvalue weighted by Crippen LogP contribution is -2.06. The number of hydrogen-bond donors (Lipinski definition) is 1. The first kappa shape index (κ1) is 11.3. The summed E-state index contributed by atoms with van der Waals surface area (Å²) in [7, 11) is 0. The molecule has 0 heterocycles. The van der Waals surface area contributed by atoms with Crippen LogP contribution in [0.4, 0.5) is 5.69 Å². The van der Waals surface area contributed by atoms with E-state index in [4.69, 9.17) is 22.1 Å². The minimum atomic E-state index is 0.257. The van der Waals surface area contributed by atoms with E-state index in [-0.39, 0.29) is 6.10 Å². The molecular weight excluding hydrogens is 198 g/mol. The highest BCUT2D eigenvalue weighted by Crippen LogP contribution is 2.20. The number of halogens is 1. The molecule has 1 aromatic carbocycles. The van der Waals surface area contributed by atoms with Crippen molar-refractivity contribution in [1.29, 1.82) is 0 Å². The normalized spacial score (nSPS) is 12.8. The van der Waals surface area contributed by atoms with E-state index in [0.29, 0.717) is 11.6 Å². The van der Waals surface area contributed by atoms with Gasteiger partial charge in [-0.25, -0.2) is 0 Å². The molecule has 0 bridgehead atoms. The standard InChI is InChI=1S/C11H16ClNO/c1-3-8(2)14-7-9-6-10(13)4-5-11(9)12/h4-6,8H,3,7,13H2,1-2H3. The Balaban J connectivity index is 2.62. The number of rotatable bonds is 4. The summed E-state index contributed by atoms with van der Waals surface area (Å²) in [6.45, 7) is 4.66. The summed E-state index contributed by atoms with van der Waals surface area (Å²) in [5.41, 5.74) is 7.32. The van der Waals surface area contributed by atoms with E-state index in [9.17, 15) is 0 Å². The minimum absolute atomic E-state index is 0.257. The second-order valence-corrected chi connectivity index (χ2v) is 3.79. The van der Waals surface area contributed by atoms with Crippen LogP contribution in [0.2, 0.25) is 5.02 Å². The first-order valence-corrected chi connectivity index (χ1v) is 5.16. The lowest BCUT2D eigenvalue weighted by molar-refractivity contribution is 0.0509. The number of anilines is 1. The summed E-state index contributed by atoms with van der Waals surface area (Å²) >= 11 is 5.99. The highest BCUT2D eigenvalue weighted by atomic mass is 35.5. The number of hydrogen-bond acceptors (Lipinski definition) is 2. The Kier molecular flexibility index (Phi) is 4.23. The molecule has 0 saturated carbocycles. The van der Waals surface area contributed by atoms with E-state index in [0.717, 1.165) is 17.7 Å². The van der Waals surface area contributed by atoms with Gasteiger partial charge in [0.25, 0.3) is 0 Å². The van der Waals surface area contributed by atoms with Crippen LogP contribution in [0.25, 0.3) is 0 Å². The summed E-state index contributed by atoms with van der Waals surface area (Å²) in [6.07, 6.45) is 1.26. The maximum absolute atomic E-state index is 5.99. The third-order valence-corrected chi connectivity index (χ3v) is 2.54. The first-order chi connectivity index (χ1) is 6.63. The Labute approximate surface area is 90.0 Å². The first-order valence-electron chi connectivity index (χ1n) is 4.79. The van der Waals surface area contributed by atoms with Crippen LogP contribution in [0.15, 0.2) is 18.2 Å². The van der Waals surface area contributed by atoms with Gasteiger partial charge in [0.1, 0.15) is 0 Å². The van der Waals surface area contributed by atoms with E-state index in [1.165, 1.54) is 0 Å². The average molecular weight is 214 g/mol. The number of nitrogens with two attached hydrogens (primary N) is 1. The van der Waals surface area contributed by atoms with Crippen LogP contribution < -0.4 is 5.73 Å². The molecule has 1 rings (SSSR count). The summed E-state index contributed by atoms with van der Waals surface area (Å²) in [6, 6.07) is 5.44. The van der Waals surface area contributed by atoms with Crippen molar-refractivity contribution < 1.29 is 4.74 Å². The van der Waals surface area contributed by atoms with Crippen LogP contribution in [-0.2, 0) is 11.3 Å². The van der Waals surface area contributed by atoms with E-state index in [1.54, 1.807) is 12.1 Å². The van der Waals surface area contributed by atoms with Gasteiger partial charge in [0.15, 0.2) is 0 Å². The predicted octanol–water partition coefficient (Wildman–Crippen LogP) is 3.24. The Bertz CT molecular complexity index is 301. The van der Waals surface area contributed by atoms with Crippen molar-refractivity contribution in [3.8, 4) is 0 Å². The zero-order valence-corrected chi connectivity index (χ0v) is 9.34. The summed E-state index contributed by atoms with van der Waals surface area (Å²) in [4.78, 5) is 0. The van der Waals surface area contributed by atoms with Crippen LogP contribution >= 0.6 is 11.6 Å². The van der Waals surface area contributed by atoms with Crippen LogP contribution in [0.5, 0.6) is 0 Å². The lowest BCUT2D eigenvalue weighted by Gasteiger charge is -2.11. The van der Waals surface area contributed by atoms with Gasteiger partial charge < -0.3 is 10.5 Å². The molecule has 2 N–H and O–H groups in total. The maximum atomic E-state index is 5.99. The van der Waals surface area contributed by atoms with Gasteiger partial charge in [-0.15, -0.1) is 0 Å². The van der Waals surface area contributed by atoms with Crippen molar-refractivity contribution >= 4 is 17.3 Å². The van der Waals surface area contributed by atoms with E-state index in [1.807, 2.05) is 13.0 Å². The van der Waals surface area contributed by atoms with Gasteiger partial charge in [0.05, 0.1) is 12.7 Å². The molecule has 0 aromatic heterocycles. The molecular formula is C11H16ClNO. The minimum Gasteiger partial charge on any atom is -0.399 e. The molecule has 2 nitrogen and oxygen atoms in total. The molecule has 0 aliphatic heterocycles. The second-order valence-electron chi connectivity index (χ2n) is 3.38. The zero-order valence-electron chi connectivity index (χ0n) is 8.59. The fraction of sp³-hybridized carbons (Fsp3) is 0.455. The quantitative estimate of drug-likeness (QED) is 0.780. The van der Waals surface area contributed by atoms with E-state index >= 15 is 0 Å². The molecule has 0 aliphatic rings. The van der Waals surface area contributed by atoms with E-state index < -0.39 is 0 Å². The van der Waals surface area contributed by atoms with Crippen LogP contribution in [0.3, 0.4) is 0 Å². The molecule has 0 amide bonds. The average Bonchev–Trinajstić information content (AvgIpc) is 2.19. The van der Waals surface area contributed by atoms with E-state index in [2.05, 4.69) is 6.92 Å². The van der Waals surface area contributed by atoms with Gasteiger partial charge in [-0.1, -0.05) is 18.5 Å². The summed E-state index contributed by atoms with van der Waals surface area (Å²) in [5.74, 6) is 0. The Morgan fingerprint density at radius 2 is 2.21 bits per heavy atom. The maximum Gasteiger partial charge on any atom is 0.0735 e. The molecule has 1 atom stereocenters. The van der Waals surface area contributed by atoms with Gasteiger partial charge in [-0.05, 0) is 37.1 Å². The third-order valence-electron chi connectivity index (χ3n) is 2.17. The van der Waals surface area contributed by atoms with Gasteiger partial charge in [0, 0.05) is 10.7 Å². The molecule has 0 spiro atoms. The van der Waals surface area contributed by atoms with Crippen LogP contribution in [-0.4, -0.2) is 6.10 Å². The third kappa shape index (κ3) is 3.20. The monoisotopic (exact) mass is 213 g/mol. The van der Waals surface area contributed by atoms with Crippen molar-refractivity contribution in [3.63, 3.8) is 0 Å². The molecule has 0 fully saturated rings. The van der Waals surface area contributed by atoms with Crippen molar-refractivity contribution in [2.75, 3.05) is 5.73 Å². The zero-order chi connectivity index (χ0) is 10.6. The SMILES string of the molecule is CCC(C)OCc1cc(N)ccc1Cl. The number of benzene rings is 1. The molecule has 14 heavy (non-hydrogen) atoms. The molecule has 78 valence electrons. The number of nitrogen functional groups attached to an aromatic ring is 1. The Morgan fingerprint density at radius 1 is 1.50 bits per heavy atom. The largest absolute Gasteiger partial charge is 0.399 e. The molecule has 3 heteroatoms. The van der Waals surface area contributed by atoms with Crippen molar-refractivity contribution in [2.24, 2.45) is 0 Å². The highest BCUT2D eigenvalue weighted by molar-refractivity contribution is 6.31. The van der Waals surface area contributed by atoms with Gasteiger partial charge in [-0.2, -0.15) is 0 Å². The predicted molar refractivity (Wildman–Crippen MR) is 60.4 cm³/mol. The fourth-order valence-electron chi connectivity index (χ4n) is 1.06. The van der Waals surface area contributed by atoms with Crippen LogP contribution in [0.1, 0.15) is 25.8 Å². The van der Waals surface area contributed by atoms with Crippen LogP contribution in [0, 0.1) is 0 Å². The Hall–Kier alpha value is -0.730. The Morgan fingerprint density at radius 3 is 2.86 bits per heavy atom. The molecule has 0 aliphatic carbocycles. The van der Waals surface area contributed by atoms with Crippen molar-refractivity contribution in [3.05, 3.63) is 28.8 Å².